The molecule has 0 aromatic heterocycles. The lowest BCUT2D eigenvalue weighted by molar-refractivity contribution is -0.122. The molecule has 1 aliphatic carbocycles. The first kappa shape index (κ1) is 6.71. The van der Waals surface area contributed by atoms with Gasteiger partial charge in [0.15, 0.2) is 5.78 Å². The highest BCUT2D eigenvalue weighted by Gasteiger charge is 2.24. The molecule has 0 aromatic rings. The second-order valence-corrected chi connectivity index (χ2v) is 2.55. The van der Waals surface area contributed by atoms with Gasteiger partial charge in [-0.3, -0.25) is 4.79 Å². The third kappa shape index (κ3) is 1.28. The maximum absolute atomic E-state index is 10.8. The smallest absolute Gasteiger partial charge is 0.151 e. The lowest BCUT2D eigenvalue weighted by Crippen LogP contribution is -2.49. The molecule has 2 atom stereocenters. The maximum Gasteiger partial charge on any atom is 0.151 e. The van der Waals surface area contributed by atoms with Crippen molar-refractivity contribution in [2.45, 2.75) is 31.3 Å². The minimum atomic E-state index is -0.390. The molecule has 4 N–H and O–H groups in total. The van der Waals surface area contributed by atoms with E-state index >= 15 is 0 Å². The van der Waals surface area contributed by atoms with E-state index in [9.17, 15) is 4.79 Å². The van der Waals surface area contributed by atoms with Gasteiger partial charge in [0.05, 0.1) is 6.04 Å². The molecule has 0 saturated heterocycles. The van der Waals surface area contributed by atoms with Crippen molar-refractivity contribution < 1.29 is 4.79 Å². The summed E-state index contributed by atoms with van der Waals surface area (Å²) < 4.78 is 0. The molecule has 0 bridgehead atoms. The second kappa shape index (κ2) is 2.45. The predicted octanol–water partition coefficient (Wildman–Crippen LogP) is -0.606. The van der Waals surface area contributed by atoms with Crippen LogP contribution in [0, 0.1) is 0 Å². The van der Waals surface area contributed by atoms with E-state index in [1.165, 1.54) is 0 Å². The summed E-state index contributed by atoms with van der Waals surface area (Å²) in [6.45, 7) is 0. The Kier molecular flexibility index (Phi) is 1.83. The molecule has 0 radical (unpaired) electrons. The van der Waals surface area contributed by atoms with Gasteiger partial charge in [-0.2, -0.15) is 0 Å². The molecule has 0 aliphatic heterocycles. The molecule has 1 fully saturated rings. The molecule has 0 amide bonds. The summed E-state index contributed by atoms with van der Waals surface area (Å²) >= 11 is 0. The largest absolute Gasteiger partial charge is 0.326 e. The fraction of sp³-hybridized carbons (Fsp3) is 0.833. The zero-order valence-corrected chi connectivity index (χ0v) is 5.34. The number of hydrogen-bond donors (Lipinski definition) is 2. The minimum absolute atomic E-state index is 0.0914. The summed E-state index contributed by atoms with van der Waals surface area (Å²) in [5.41, 5.74) is 11.0. The Morgan fingerprint density at radius 3 is 2.56 bits per heavy atom. The quantitative estimate of drug-likeness (QED) is 0.457. The Morgan fingerprint density at radius 1 is 1.44 bits per heavy atom. The van der Waals surface area contributed by atoms with Crippen LogP contribution in [0.25, 0.3) is 0 Å². The molecule has 9 heavy (non-hydrogen) atoms. The Morgan fingerprint density at radius 2 is 2.11 bits per heavy atom. The average Bonchev–Trinajstić information content (AvgIpc) is 1.83. The molecule has 52 valence electrons. The van der Waals surface area contributed by atoms with E-state index in [1.54, 1.807) is 0 Å². The Hall–Kier alpha value is -0.410. The van der Waals surface area contributed by atoms with Crippen LogP contribution in [0.1, 0.15) is 19.3 Å². The molecular weight excluding hydrogens is 116 g/mol. The van der Waals surface area contributed by atoms with E-state index in [0.717, 1.165) is 12.8 Å². The van der Waals surface area contributed by atoms with Gasteiger partial charge in [-0.15, -0.1) is 0 Å². The summed E-state index contributed by atoms with van der Waals surface area (Å²) in [6, 6.07) is -0.481. The van der Waals surface area contributed by atoms with Gasteiger partial charge >= 0.3 is 0 Å². The fourth-order valence-corrected chi connectivity index (χ4v) is 1.10. The van der Waals surface area contributed by atoms with Gasteiger partial charge in [0.25, 0.3) is 0 Å². The average molecular weight is 128 g/mol. The third-order valence-corrected chi connectivity index (χ3v) is 1.79. The van der Waals surface area contributed by atoms with Crippen molar-refractivity contribution in [2.24, 2.45) is 11.5 Å². The standard InChI is InChI=1S/C6H12N2O/c7-4-2-1-3-5(9)6(4)8/h4,6H,1-3,7-8H2. The van der Waals surface area contributed by atoms with Crippen molar-refractivity contribution in [3.63, 3.8) is 0 Å². The number of carbonyl (C=O) groups excluding carboxylic acids is 1. The van der Waals surface area contributed by atoms with E-state index in [0.29, 0.717) is 6.42 Å². The molecule has 0 spiro atoms. The lowest BCUT2D eigenvalue weighted by atomic mass is 9.91. The van der Waals surface area contributed by atoms with E-state index in [1.807, 2.05) is 0 Å². The SMILES string of the molecule is NC1CCCC(=O)C1N. The molecule has 3 nitrogen and oxygen atoms in total. The van der Waals surface area contributed by atoms with E-state index in [2.05, 4.69) is 0 Å². The monoisotopic (exact) mass is 128 g/mol. The minimum Gasteiger partial charge on any atom is -0.326 e. The van der Waals surface area contributed by atoms with Crippen LogP contribution in [0.3, 0.4) is 0 Å². The molecule has 0 heterocycles. The zero-order chi connectivity index (χ0) is 6.85. The summed E-state index contributed by atoms with van der Waals surface area (Å²) in [4.78, 5) is 10.8. The van der Waals surface area contributed by atoms with E-state index in [-0.39, 0.29) is 11.8 Å². The van der Waals surface area contributed by atoms with Crippen molar-refractivity contribution in [2.75, 3.05) is 0 Å². The fourth-order valence-electron chi connectivity index (χ4n) is 1.10. The number of ketones is 1. The lowest BCUT2D eigenvalue weighted by Gasteiger charge is -2.23. The molecule has 2 unspecified atom stereocenters. The summed E-state index contributed by atoms with van der Waals surface area (Å²) in [5.74, 6) is 0.119. The van der Waals surface area contributed by atoms with Crippen molar-refractivity contribution in [3.05, 3.63) is 0 Å². The normalized spacial score (nSPS) is 36.9. The maximum atomic E-state index is 10.8. The molecule has 1 saturated carbocycles. The van der Waals surface area contributed by atoms with E-state index in [4.69, 9.17) is 11.5 Å². The van der Waals surface area contributed by atoms with Gasteiger partial charge in [-0.25, -0.2) is 0 Å². The van der Waals surface area contributed by atoms with Crippen molar-refractivity contribution in [1.29, 1.82) is 0 Å². The van der Waals surface area contributed by atoms with Crippen LogP contribution in [0.4, 0.5) is 0 Å². The summed E-state index contributed by atoms with van der Waals surface area (Å²) in [5, 5.41) is 0. The number of carbonyl (C=O) groups is 1. The van der Waals surface area contributed by atoms with Crippen LogP contribution in [0.2, 0.25) is 0 Å². The van der Waals surface area contributed by atoms with Crippen LogP contribution in [0.5, 0.6) is 0 Å². The topological polar surface area (TPSA) is 69.1 Å². The molecule has 1 aliphatic rings. The first-order valence-electron chi connectivity index (χ1n) is 3.25. The zero-order valence-electron chi connectivity index (χ0n) is 5.34. The van der Waals surface area contributed by atoms with Crippen LogP contribution < -0.4 is 11.5 Å². The van der Waals surface area contributed by atoms with Crippen molar-refractivity contribution in [3.8, 4) is 0 Å². The van der Waals surface area contributed by atoms with Crippen molar-refractivity contribution >= 4 is 5.78 Å². The van der Waals surface area contributed by atoms with E-state index < -0.39 is 6.04 Å². The number of rotatable bonds is 0. The van der Waals surface area contributed by atoms with Crippen LogP contribution in [-0.4, -0.2) is 17.9 Å². The molecule has 3 heteroatoms. The van der Waals surface area contributed by atoms with Gasteiger partial charge < -0.3 is 11.5 Å². The first-order valence-corrected chi connectivity index (χ1v) is 3.25. The second-order valence-electron chi connectivity index (χ2n) is 2.55. The molecule has 1 rings (SSSR count). The molecular formula is C6H12N2O. The molecule has 0 aromatic carbocycles. The summed E-state index contributed by atoms with van der Waals surface area (Å²) in [7, 11) is 0. The van der Waals surface area contributed by atoms with Crippen LogP contribution in [0.15, 0.2) is 0 Å². The van der Waals surface area contributed by atoms with Crippen LogP contribution in [-0.2, 0) is 4.79 Å². The highest BCUT2D eigenvalue weighted by Crippen LogP contribution is 2.11. The summed E-state index contributed by atoms with van der Waals surface area (Å²) in [6.07, 6.45) is 2.43. The Labute approximate surface area is 54.4 Å². The number of nitrogens with two attached hydrogens (primary N) is 2. The van der Waals surface area contributed by atoms with Crippen molar-refractivity contribution in [1.82, 2.24) is 0 Å². The van der Waals surface area contributed by atoms with Gasteiger partial charge in [0, 0.05) is 12.5 Å². The highest BCUT2D eigenvalue weighted by molar-refractivity contribution is 5.85. The third-order valence-electron chi connectivity index (χ3n) is 1.79. The van der Waals surface area contributed by atoms with Gasteiger partial charge in [-0.1, -0.05) is 0 Å². The predicted molar refractivity (Wildman–Crippen MR) is 34.8 cm³/mol. The van der Waals surface area contributed by atoms with Gasteiger partial charge in [0.2, 0.25) is 0 Å². The Balaban J connectivity index is 2.51. The first-order chi connectivity index (χ1) is 4.22. The van der Waals surface area contributed by atoms with Gasteiger partial charge in [-0.05, 0) is 12.8 Å². The number of Topliss-reactive ketones (excluding diaryl/α,β-unsaturated/α-hetero) is 1. The highest BCUT2D eigenvalue weighted by atomic mass is 16.1. The van der Waals surface area contributed by atoms with Crippen LogP contribution >= 0.6 is 0 Å². The Bertz CT molecular complexity index is 124. The van der Waals surface area contributed by atoms with Gasteiger partial charge in [0.1, 0.15) is 0 Å². The number of hydrogen-bond acceptors (Lipinski definition) is 3.